The van der Waals surface area contributed by atoms with E-state index < -0.39 is 0 Å². The molecule has 2 aliphatic heterocycles. The first-order valence-corrected chi connectivity index (χ1v) is 10.4. The van der Waals surface area contributed by atoms with Crippen molar-refractivity contribution < 1.29 is 4.79 Å². The third-order valence-corrected chi connectivity index (χ3v) is 5.40. The molecule has 0 saturated carbocycles. The molecule has 2 heterocycles. The van der Waals surface area contributed by atoms with Crippen LogP contribution in [0.3, 0.4) is 0 Å². The van der Waals surface area contributed by atoms with Crippen molar-refractivity contribution in [3.63, 3.8) is 0 Å². The molecule has 0 unspecified atom stereocenters. The quantitative estimate of drug-likeness (QED) is 0.689. The molecule has 1 amide bonds. The number of hydrogen-bond acceptors (Lipinski definition) is 2. The van der Waals surface area contributed by atoms with Crippen molar-refractivity contribution in [2.45, 2.75) is 53.9 Å². The fourth-order valence-electron chi connectivity index (χ4n) is 3.85. The summed E-state index contributed by atoms with van der Waals surface area (Å²) in [7, 11) is 0. The van der Waals surface area contributed by atoms with Gasteiger partial charge in [-0.2, -0.15) is 0 Å². The van der Waals surface area contributed by atoms with Gasteiger partial charge >= 0.3 is 0 Å². The number of para-hydroxylation sites is 1. The molecule has 2 aromatic rings. The molecular weight excluding hydrogens is 332 g/mol. The maximum atomic E-state index is 12.7. The number of hydrogen-bond donors (Lipinski definition) is 1. The first-order chi connectivity index (χ1) is 13.2. The fraction of sp³-hybridized carbons (Fsp3) is 0.458. The third kappa shape index (κ3) is 4.52. The number of carbonyl (C=O) groups excluding carboxylic acids is 1. The zero-order valence-corrected chi connectivity index (χ0v) is 17.5. The summed E-state index contributed by atoms with van der Waals surface area (Å²) < 4.78 is 0. The number of anilines is 2. The topological polar surface area (TPSA) is 32.3 Å². The number of benzene rings is 2. The number of fused-ring (bicyclic) bond motifs is 1. The van der Waals surface area contributed by atoms with Gasteiger partial charge in [0.15, 0.2) is 0 Å². The number of carbonyl (C=O) groups is 1. The highest BCUT2D eigenvalue weighted by Gasteiger charge is 2.44. The van der Waals surface area contributed by atoms with Gasteiger partial charge in [-0.1, -0.05) is 63.6 Å². The minimum atomic E-state index is -0.227. The number of aryl methyl sites for hydroxylation is 1. The van der Waals surface area contributed by atoms with E-state index >= 15 is 0 Å². The average Bonchev–Trinajstić information content (AvgIpc) is 2.73. The highest BCUT2D eigenvalue weighted by molar-refractivity contribution is 5.98. The van der Waals surface area contributed by atoms with Crippen LogP contribution in [0, 0.1) is 12.3 Å². The van der Waals surface area contributed by atoms with Crippen LogP contribution >= 0.6 is 0 Å². The molecule has 4 rings (SSSR count). The number of nitrogens with zero attached hydrogens (tertiary/aromatic N) is 1. The van der Waals surface area contributed by atoms with Crippen LogP contribution < -0.4 is 10.2 Å². The molecule has 2 aromatic carbocycles. The predicted octanol–water partition coefficient (Wildman–Crippen LogP) is 5.83. The van der Waals surface area contributed by atoms with Gasteiger partial charge in [-0.15, -0.1) is 0 Å². The van der Waals surface area contributed by atoms with Gasteiger partial charge in [0, 0.05) is 24.5 Å². The molecule has 2 aliphatic rings. The van der Waals surface area contributed by atoms with Gasteiger partial charge in [-0.3, -0.25) is 4.79 Å². The van der Waals surface area contributed by atoms with Crippen LogP contribution in [0.2, 0.25) is 0 Å². The standard InChI is InChI=1S/C20H22N2O.2C2H6/c1-15-6-8-17(9-7-15)22-12-10-20(11-13-22)14-16-4-2-3-5-18(16)21-19(20)23;2*1-2/h2-9H,10-14H2,1H3,(H,21,23);2*1-2H3. The minimum absolute atomic E-state index is 0.208. The molecule has 0 bridgehead atoms. The lowest BCUT2D eigenvalue weighted by Crippen LogP contribution is -2.49. The zero-order valence-electron chi connectivity index (χ0n) is 17.5. The normalized spacial score (nSPS) is 16.9. The molecule has 3 heteroatoms. The highest BCUT2D eigenvalue weighted by atomic mass is 16.2. The van der Waals surface area contributed by atoms with Crippen LogP contribution in [-0.4, -0.2) is 19.0 Å². The van der Waals surface area contributed by atoms with E-state index in [0.717, 1.165) is 38.0 Å². The van der Waals surface area contributed by atoms with Crippen molar-refractivity contribution in [3.8, 4) is 0 Å². The lowest BCUT2D eigenvalue weighted by Gasteiger charge is -2.44. The van der Waals surface area contributed by atoms with Crippen molar-refractivity contribution in [2.75, 3.05) is 23.3 Å². The second-order valence-electron chi connectivity index (χ2n) is 6.89. The van der Waals surface area contributed by atoms with Crippen LogP contribution in [0.25, 0.3) is 0 Å². The van der Waals surface area contributed by atoms with Gasteiger partial charge in [0.1, 0.15) is 0 Å². The molecule has 1 N–H and O–H groups in total. The molecular formula is C24H34N2O. The summed E-state index contributed by atoms with van der Waals surface area (Å²) in [4.78, 5) is 15.1. The SMILES string of the molecule is CC.CC.Cc1ccc(N2CCC3(CC2)Cc2ccccc2NC3=O)cc1. The van der Waals surface area contributed by atoms with E-state index in [-0.39, 0.29) is 11.3 Å². The lowest BCUT2D eigenvalue weighted by molar-refractivity contribution is -0.127. The summed E-state index contributed by atoms with van der Waals surface area (Å²) in [6, 6.07) is 16.9. The molecule has 146 valence electrons. The maximum Gasteiger partial charge on any atom is 0.231 e. The number of nitrogens with one attached hydrogen (secondary N) is 1. The number of piperidine rings is 1. The third-order valence-electron chi connectivity index (χ3n) is 5.40. The summed E-state index contributed by atoms with van der Waals surface area (Å²) in [6.45, 7) is 12.0. The van der Waals surface area contributed by atoms with Crippen molar-refractivity contribution in [3.05, 3.63) is 59.7 Å². The first-order valence-electron chi connectivity index (χ1n) is 10.4. The first kappa shape index (κ1) is 21.0. The predicted molar refractivity (Wildman–Crippen MR) is 117 cm³/mol. The zero-order chi connectivity index (χ0) is 19.9. The van der Waals surface area contributed by atoms with Crippen molar-refractivity contribution in [1.82, 2.24) is 0 Å². The van der Waals surface area contributed by atoms with E-state index in [1.54, 1.807) is 0 Å². The Bertz CT molecular complexity index is 728. The van der Waals surface area contributed by atoms with E-state index in [0.29, 0.717) is 0 Å². The monoisotopic (exact) mass is 366 g/mol. The van der Waals surface area contributed by atoms with Gasteiger partial charge < -0.3 is 10.2 Å². The fourth-order valence-corrected chi connectivity index (χ4v) is 3.85. The van der Waals surface area contributed by atoms with E-state index in [9.17, 15) is 4.79 Å². The van der Waals surface area contributed by atoms with Crippen LogP contribution in [0.4, 0.5) is 11.4 Å². The Kier molecular flexibility index (Phi) is 7.46. The van der Waals surface area contributed by atoms with Crippen LogP contribution in [0.1, 0.15) is 51.7 Å². The summed E-state index contributed by atoms with van der Waals surface area (Å²) in [5.41, 5.74) is 4.59. The molecule has 1 saturated heterocycles. The second kappa shape index (κ2) is 9.59. The van der Waals surface area contributed by atoms with E-state index in [1.165, 1.54) is 16.8 Å². The summed E-state index contributed by atoms with van der Waals surface area (Å²) in [5, 5.41) is 3.13. The molecule has 27 heavy (non-hydrogen) atoms. The Morgan fingerprint density at radius 2 is 1.48 bits per heavy atom. The second-order valence-corrected chi connectivity index (χ2v) is 6.89. The molecule has 3 nitrogen and oxygen atoms in total. The summed E-state index contributed by atoms with van der Waals surface area (Å²) in [5.74, 6) is 0.208. The molecule has 0 aromatic heterocycles. The van der Waals surface area contributed by atoms with E-state index in [4.69, 9.17) is 0 Å². The van der Waals surface area contributed by atoms with E-state index in [1.807, 2.05) is 39.8 Å². The van der Waals surface area contributed by atoms with Gasteiger partial charge in [-0.25, -0.2) is 0 Å². The van der Waals surface area contributed by atoms with Crippen LogP contribution in [-0.2, 0) is 11.2 Å². The van der Waals surface area contributed by atoms with E-state index in [2.05, 4.69) is 53.5 Å². The summed E-state index contributed by atoms with van der Waals surface area (Å²) >= 11 is 0. The van der Waals surface area contributed by atoms with Gasteiger partial charge in [-0.05, 0) is 49.9 Å². The van der Waals surface area contributed by atoms with Crippen molar-refractivity contribution in [2.24, 2.45) is 5.41 Å². The van der Waals surface area contributed by atoms with Crippen molar-refractivity contribution in [1.29, 1.82) is 0 Å². The highest BCUT2D eigenvalue weighted by Crippen LogP contribution is 2.42. The Morgan fingerprint density at radius 3 is 2.11 bits per heavy atom. The largest absolute Gasteiger partial charge is 0.371 e. The van der Waals surface area contributed by atoms with Gasteiger partial charge in [0.25, 0.3) is 0 Å². The smallest absolute Gasteiger partial charge is 0.231 e. The minimum Gasteiger partial charge on any atom is -0.371 e. The molecule has 1 fully saturated rings. The Hall–Kier alpha value is -2.29. The molecule has 0 radical (unpaired) electrons. The molecule has 0 atom stereocenters. The van der Waals surface area contributed by atoms with Crippen LogP contribution in [0.5, 0.6) is 0 Å². The Labute approximate surface area is 164 Å². The molecule has 0 aliphatic carbocycles. The number of rotatable bonds is 1. The Balaban J connectivity index is 0.000000614. The van der Waals surface area contributed by atoms with Crippen molar-refractivity contribution >= 4 is 17.3 Å². The van der Waals surface area contributed by atoms with Crippen LogP contribution in [0.15, 0.2) is 48.5 Å². The van der Waals surface area contributed by atoms with Gasteiger partial charge in [0.2, 0.25) is 5.91 Å². The maximum absolute atomic E-state index is 12.7. The number of amides is 1. The molecule has 1 spiro atoms. The van der Waals surface area contributed by atoms with Gasteiger partial charge in [0.05, 0.1) is 5.41 Å². The summed E-state index contributed by atoms with van der Waals surface area (Å²) in [6.07, 6.45) is 2.71. The lowest BCUT2D eigenvalue weighted by atomic mass is 9.71. The average molecular weight is 367 g/mol. The Morgan fingerprint density at radius 1 is 0.889 bits per heavy atom.